The summed E-state index contributed by atoms with van der Waals surface area (Å²) in [6.45, 7) is 7.12. The number of fused-ring (bicyclic) bond motifs is 1. The number of carbonyl (C=O) groups is 3. The van der Waals surface area contributed by atoms with Gasteiger partial charge in [0.2, 0.25) is 5.91 Å². The molecule has 0 atom stereocenters. The predicted molar refractivity (Wildman–Crippen MR) is 115 cm³/mol. The Kier molecular flexibility index (Phi) is 8.09. The van der Waals surface area contributed by atoms with Gasteiger partial charge in [0, 0.05) is 11.4 Å². The van der Waals surface area contributed by atoms with Crippen LogP contribution in [0.4, 0.5) is 9.80 Å². The zero-order valence-electron chi connectivity index (χ0n) is 17.8. The minimum absolute atomic E-state index is 0.122. The standard InChI is InChI=1S/C21H31N3O5S/c1-3-28-20(26)18-15-9-12-24(21(27)29-4-2)13-16(15)30-19(18)22-17(25)14-23-10-7-5-6-8-11-23/h3-14H2,1-2H3,(H,22,25). The average molecular weight is 438 g/mol. The molecule has 166 valence electrons. The van der Waals surface area contributed by atoms with Gasteiger partial charge in [0.05, 0.1) is 31.9 Å². The number of carbonyl (C=O) groups excluding carboxylic acids is 3. The minimum Gasteiger partial charge on any atom is -0.462 e. The highest BCUT2D eigenvalue weighted by Gasteiger charge is 2.31. The number of ether oxygens (including phenoxy) is 2. The predicted octanol–water partition coefficient (Wildman–Crippen LogP) is 3.25. The lowest BCUT2D eigenvalue weighted by molar-refractivity contribution is -0.117. The van der Waals surface area contributed by atoms with Gasteiger partial charge >= 0.3 is 12.1 Å². The van der Waals surface area contributed by atoms with Crippen LogP contribution in [0.2, 0.25) is 0 Å². The second-order valence-electron chi connectivity index (χ2n) is 7.54. The summed E-state index contributed by atoms with van der Waals surface area (Å²) in [4.78, 5) is 42.2. The number of likely N-dealkylation sites (tertiary alicyclic amines) is 1. The van der Waals surface area contributed by atoms with Crippen LogP contribution < -0.4 is 5.32 Å². The molecule has 1 N–H and O–H groups in total. The Balaban J connectivity index is 1.76. The van der Waals surface area contributed by atoms with E-state index in [0.29, 0.717) is 43.2 Å². The molecule has 0 spiro atoms. The van der Waals surface area contributed by atoms with Gasteiger partial charge in [0.1, 0.15) is 5.00 Å². The highest BCUT2D eigenvalue weighted by molar-refractivity contribution is 7.17. The van der Waals surface area contributed by atoms with Gasteiger partial charge < -0.3 is 19.7 Å². The first kappa shape index (κ1) is 22.6. The third kappa shape index (κ3) is 5.51. The summed E-state index contributed by atoms with van der Waals surface area (Å²) in [5, 5.41) is 3.46. The molecule has 0 unspecified atom stereocenters. The van der Waals surface area contributed by atoms with E-state index in [2.05, 4.69) is 10.2 Å². The van der Waals surface area contributed by atoms with E-state index in [1.807, 2.05) is 0 Å². The van der Waals surface area contributed by atoms with Crippen molar-refractivity contribution in [1.82, 2.24) is 9.80 Å². The average Bonchev–Trinajstić information content (AvgIpc) is 2.87. The molecule has 3 heterocycles. The zero-order valence-corrected chi connectivity index (χ0v) is 18.6. The van der Waals surface area contributed by atoms with Crippen molar-refractivity contribution < 1.29 is 23.9 Å². The highest BCUT2D eigenvalue weighted by atomic mass is 32.1. The fourth-order valence-corrected chi connectivity index (χ4v) is 5.21. The number of hydrogen-bond donors (Lipinski definition) is 1. The first-order chi connectivity index (χ1) is 14.5. The molecular weight excluding hydrogens is 406 g/mol. The molecule has 0 radical (unpaired) electrons. The zero-order chi connectivity index (χ0) is 21.5. The number of nitrogens with one attached hydrogen (secondary N) is 1. The number of thiophene rings is 1. The first-order valence-corrected chi connectivity index (χ1v) is 11.6. The molecule has 0 saturated carbocycles. The maximum absolute atomic E-state index is 12.7. The molecule has 2 amide bonds. The number of anilines is 1. The molecule has 2 aliphatic rings. The van der Waals surface area contributed by atoms with E-state index < -0.39 is 5.97 Å². The molecule has 1 saturated heterocycles. The molecular formula is C21H31N3O5S. The van der Waals surface area contributed by atoms with Gasteiger partial charge in [-0.1, -0.05) is 12.8 Å². The van der Waals surface area contributed by atoms with E-state index in [0.717, 1.165) is 36.4 Å². The minimum atomic E-state index is -0.426. The fraction of sp³-hybridized carbons (Fsp3) is 0.667. The van der Waals surface area contributed by atoms with Crippen LogP contribution in [0.5, 0.6) is 0 Å². The van der Waals surface area contributed by atoms with Crippen LogP contribution >= 0.6 is 11.3 Å². The summed E-state index contributed by atoms with van der Waals surface area (Å²) in [6.07, 6.45) is 4.80. The summed E-state index contributed by atoms with van der Waals surface area (Å²) >= 11 is 1.35. The maximum Gasteiger partial charge on any atom is 0.410 e. The number of hydrogen-bond acceptors (Lipinski definition) is 7. The lowest BCUT2D eigenvalue weighted by Crippen LogP contribution is -2.36. The molecule has 2 aliphatic heterocycles. The quantitative estimate of drug-likeness (QED) is 0.688. The van der Waals surface area contributed by atoms with E-state index in [1.54, 1.807) is 18.7 Å². The Morgan fingerprint density at radius 2 is 1.70 bits per heavy atom. The lowest BCUT2D eigenvalue weighted by Gasteiger charge is -2.26. The SMILES string of the molecule is CCOC(=O)c1c(NC(=O)CN2CCCCCC2)sc2c1CCN(C(=O)OCC)C2. The number of rotatable bonds is 6. The van der Waals surface area contributed by atoms with E-state index in [4.69, 9.17) is 9.47 Å². The molecule has 8 nitrogen and oxygen atoms in total. The van der Waals surface area contributed by atoms with Gasteiger partial charge in [0.25, 0.3) is 0 Å². The van der Waals surface area contributed by atoms with Crippen molar-refractivity contribution in [1.29, 1.82) is 0 Å². The number of esters is 1. The van der Waals surface area contributed by atoms with Crippen molar-refractivity contribution in [2.24, 2.45) is 0 Å². The molecule has 0 aliphatic carbocycles. The van der Waals surface area contributed by atoms with Crippen LogP contribution in [0.25, 0.3) is 0 Å². The van der Waals surface area contributed by atoms with Crippen molar-refractivity contribution in [2.75, 3.05) is 44.7 Å². The van der Waals surface area contributed by atoms with E-state index >= 15 is 0 Å². The molecule has 1 aromatic heterocycles. The monoisotopic (exact) mass is 437 g/mol. The van der Waals surface area contributed by atoms with Gasteiger partial charge in [-0.05, 0) is 51.8 Å². The Morgan fingerprint density at radius 3 is 2.37 bits per heavy atom. The van der Waals surface area contributed by atoms with Crippen molar-refractivity contribution in [3.63, 3.8) is 0 Å². The summed E-state index contributed by atoms with van der Waals surface area (Å²) < 4.78 is 10.4. The molecule has 30 heavy (non-hydrogen) atoms. The molecule has 1 aromatic rings. The Morgan fingerprint density at radius 1 is 1.00 bits per heavy atom. The highest BCUT2D eigenvalue weighted by Crippen LogP contribution is 2.38. The van der Waals surface area contributed by atoms with Crippen LogP contribution in [-0.2, 0) is 27.2 Å². The van der Waals surface area contributed by atoms with Gasteiger partial charge in [0.15, 0.2) is 0 Å². The number of amides is 2. The van der Waals surface area contributed by atoms with Gasteiger partial charge in [-0.25, -0.2) is 9.59 Å². The second kappa shape index (κ2) is 10.8. The summed E-state index contributed by atoms with van der Waals surface area (Å²) in [5.74, 6) is -0.548. The van der Waals surface area contributed by atoms with Crippen LogP contribution in [0.3, 0.4) is 0 Å². The van der Waals surface area contributed by atoms with Crippen molar-refractivity contribution in [3.05, 3.63) is 16.0 Å². The normalized spacial score (nSPS) is 17.1. The van der Waals surface area contributed by atoms with Crippen LogP contribution in [0.15, 0.2) is 0 Å². The maximum atomic E-state index is 12.7. The number of nitrogens with zero attached hydrogens (tertiary/aromatic N) is 2. The topological polar surface area (TPSA) is 88.2 Å². The summed E-state index contributed by atoms with van der Waals surface area (Å²) in [6, 6.07) is 0. The van der Waals surface area contributed by atoms with Crippen molar-refractivity contribution in [2.45, 2.75) is 52.5 Å². The molecule has 3 rings (SSSR count). The molecule has 0 bridgehead atoms. The summed E-state index contributed by atoms with van der Waals surface area (Å²) in [7, 11) is 0. The van der Waals surface area contributed by atoms with Crippen molar-refractivity contribution in [3.8, 4) is 0 Å². The molecule has 0 aromatic carbocycles. The fourth-order valence-electron chi connectivity index (χ4n) is 3.94. The first-order valence-electron chi connectivity index (χ1n) is 10.8. The van der Waals surface area contributed by atoms with E-state index in [1.165, 1.54) is 24.2 Å². The van der Waals surface area contributed by atoms with E-state index in [9.17, 15) is 14.4 Å². The largest absolute Gasteiger partial charge is 0.462 e. The Bertz CT molecular complexity index is 771. The van der Waals surface area contributed by atoms with Gasteiger partial charge in [-0.2, -0.15) is 0 Å². The third-order valence-corrected chi connectivity index (χ3v) is 6.51. The van der Waals surface area contributed by atoms with Gasteiger partial charge in [-0.15, -0.1) is 11.3 Å². The Labute approximate surface area is 181 Å². The molecule has 1 fully saturated rings. The van der Waals surface area contributed by atoms with Crippen molar-refractivity contribution >= 4 is 34.3 Å². The van der Waals surface area contributed by atoms with Crippen LogP contribution in [-0.4, -0.2) is 67.2 Å². The van der Waals surface area contributed by atoms with Crippen LogP contribution in [0, 0.1) is 0 Å². The second-order valence-corrected chi connectivity index (χ2v) is 8.64. The third-order valence-electron chi connectivity index (χ3n) is 5.38. The van der Waals surface area contributed by atoms with E-state index in [-0.39, 0.29) is 18.6 Å². The molecule has 9 heteroatoms. The smallest absolute Gasteiger partial charge is 0.410 e. The Hall–Kier alpha value is -2.13. The summed E-state index contributed by atoms with van der Waals surface area (Å²) in [5.41, 5.74) is 1.30. The van der Waals surface area contributed by atoms with Gasteiger partial charge in [-0.3, -0.25) is 9.69 Å². The lowest BCUT2D eigenvalue weighted by atomic mass is 10.0. The van der Waals surface area contributed by atoms with Crippen LogP contribution in [0.1, 0.15) is 60.3 Å².